The minimum atomic E-state index is -0.118. The van der Waals surface area contributed by atoms with E-state index in [-0.39, 0.29) is 5.78 Å². The molecule has 0 radical (unpaired) electrons. The quantitative estimate of drug-likeness (QED) is 0.779. The minimum absolute atomic E-state index is 0.118. The molecule has 0 saturated heterocycles. The Morgan fingerprint density at radius 2 is 2.53 bits per heavy atom. The van der Waals surface area contributed by atoms with E-state index >= 15 is 0 Å². The molecule has 0 saturated carbocycles. The maximum atomic E-state index is 11.8. The topological polar surface area (TPSA) is 65.2 Å². The fourth-order valence-corrected chi connectivity index (χ4v) is 2.15. The summed E-state index contributed by atoms with van der Waals surface area (Å²) >= 11 is 1.47. The zero-order valence-electron chi connectivity index (χ0n) is 8.23. The standard InChI is InChI=1S/C10H12N2O2S/c11-4-3-9-12-7(6-15-9)10(13)8-2-1-5-14-8/h2,6H,1,3-5,11H2. The third-order valence-corrected chi connectivity index (χ3v) is 2.98. The minimum Gasteiger partial charge on any atom is -0.489 e. The third kappa shape index (κ3) is 2.24. The molecule has 80 valence electrons. The third-order valence-electron chi connectivity index (χ3n) is 2.07. The van der Waals surface area contributed by atoms with E-state index in [1.54, 1.807) is 5.38 Å². The Morgan fingerprint density at radius 3 is 3.20 bits per heavy atom. The van der Waals surface area contributed by atoms with Gasteiger partial charge in [-0.15, -0.1) is 11.3 Å². The summed E-state index contributed by atoms with van der Waals surface area (Å²) in [6, 6.07) is 0. The van der Waals surface area contributed by atoms with E-state index in [4.69, 9.17) is 10.5 Å². The number of Topliss-reactive ketones (excluding diaryl/α,β-unsaturated/α-hetero) is 1. The van der Waals surface area contributed by atoms with Crippen LogP contribution in [0.15, 0.2) is 17.2 Å². The SMILES string of the molecule is NCCc1nc(C(=O)C2=CCCO2)cs1. The summed E-state index contributed by atoms with van der Waals surface area (Å²) in [5, 5.41) is 2.66. The zero-order valence-corrected chi connectivity index (χ0v) is 9.05. The summed E-state index contributed by atoms with van der Waals surface area (Å²) in [7, 11) is 0. The Hall–Kier alpha value is -1.20. The largest absolute Gasteiger partial charge is 0.489 e. The van der Waals surface area contributed by atoms with Gasteiger partial charge in [0.15, 0.2) is 5.76 Å². The molecule has 0 unspecified atom stereocenters. The fourth-order valence-electron chi connectivity index (χ4n) is 1.36. The number of thiazole rings is 1. The van der Waals surface area contributed by atoms with Gasteiger partial charge in [-0.3, -0.25) is 4.79 Å². The van der Waals surface area contributed by atoms with Crippen molar-refractivity contribution in [3.05, 3.63) is 27.9 Å². The Kier molecular flexibility index (Phi) is 3.13. The van der Waals surface area contributed by atoms with Gasteiger partial charge in [-0.1, -0.05) is 0 Å². The smallest absolute Gasteiger partial charge is 0.246 e. The van der Waals surface area contributed by atoms with E-state index in [9.17, 15) is 4.79 Å². The molecule has 1 aromatic rings. The molecule has 0 aromatic carbocycles. The highest BCUT2D eigenvalue weighted by Crippen LogP contribution is 2.17. The number of nitrogens with zero attached hydrogens (tertiary/aromatic N) is 1. The van der Waals surface area contributed by atoms with Gasteiger partial charge in [0.25, 0.3) is 0 Å². The average Bonchev–Trinajstić information content (AvgIpc) is 2.87. The van der Waals surface area contributed by atoms with Crippen LogP contribution in [-0.2, 0) is 11.2 Å². The van der Waals surface area contributed by atoms with Crippen molar-refractivity contribution in [1.82, 2.24) is 4.98 Å². The van der Waals surface area contributed by atoms with Crippen LogP contribution in [0.25, 0.3) is 0 Å². The van der Waals surface area contributed by atoms with Crippen molar-refractivity contribution in [3.8, 4) is 0 Å². The summed E-state index contributed by atoms with van der Waals surface area (Å²) in [5.41, 5.74) is 5.88. The van der Waals surface area contributed by atoms with Crippen molar-refractivity contribution in [3.63, 3.8) is 0 Å². The molecule has 2 heterocycles. The van der Waals surface area contributed by atoms with Crippen molar-refractivity contribution in [2.24, 2.45) is 5.73 Å². The van der Waals surface area contributed by atoms with Crippen LogP contribution in [0, 0.1) is 0 Å². The summed E-state index contributed by atoms with van der Waals surface area (Å²) in [4.78, 5) is 16.0. The van der Waals surface area contributed by atoms with Gasteiger partial charge in [0, 0.05) is 18.2 Å². The first-order valence-electron chi connectivity index (χ1n) is 4.83. The number of carbonyl (C=O) groups excluding carboxylic acids is 1. The number of nitrogens with two attached hydrogens (primary N) is 1. The molecule has 0 amide bonds. The van der Waals surface area contributed by atoms with Crippen LogP contribution in [0.3, 0.4) is 0 Å². The van der Waals surface area contributed by atoms with Gasteiger partial charge >= 0.3 is 0 Å². The second kappa shape index (κ2) is 4.55. The van der Waals surface area contributed by atoms with Crippen LogP contribution in [0.1, 0.15) is 21.9 Å². The van der Waals surface area contributed by atoms with E-state index in [0.29, 0.717) is 24.6 Å². The number of ether oxygens (including phenoxy) is 1. The van der Waals surface area contributed by atoms with Gasteiger partial charge in [0.05, 0.1) is 11.6 Å². The lowest BCUT2D eigenvalue weighted by Crippen LogP contribution is -2.06. The van der Waals surface area contributed by atoms with Crippen molar-refractivity contribution < 1.29 is 9.53 Å². The summed E-state index contributed by atoms with van der Waals surface area (Å²) < 4.78 is 5.19. The molecule has 1 aliphatic heterocycles. The lowest BCUT2D eigenvalue weighted by atomic mass is 10.2. The molecule has 1 aliphatic rings. The van der Waals surface area contributed by atoms with Crippen LogP contribution in [0.2, 0.25) is 0 Å². The second-order valence-electron chi connectivity index (χ2n) is 3.20. The molecule has 0 spiro atoms. The maximum absolute atomic E-state index is 11.8. The zero-order chi connectivity index (χ0) is 10.7. The first-order chi connectivity index (χ1) is 7.31. The van der Waals surface area contributed by atoms with E-state index in [1.807, 2.05) is 6.08 Å². The van der Waals surface area contributed by atoms with E-state index in [2.05, 4.69) is 4.98 Å². The summed E-state index contributed by atoms with van der Waals surface area (Å²) in [6.45, 7) is 1.15. The number of carbonyl (C=O) groups is 1. The number of rotatable bonds is 4. The number of aromatic nitrogens is 1. The molecular weight excluding hydrogens is 212 g/mol. The molecule has 1 aromatic heterocycles. The van der Waals surface area contributed by atoms with Gasteiger partial charge in [-0.25, -0.2) is 4.98 Å². The molecule has 15 heavy (non-hydrogen) atoms. The van der Waals surface area contributed by atoms with Crippen LogP contribution in [-0.4, -0.2) is 23.9 Å². The molecule has 4 nitrogen and oxygen atoms in total. The predicted octanol–water partition coefficient (Wildman–Crippen LogP) is 1.13. The highest BCUT2D eigenvalue weighted by molar-refractivity contribution is 7.09. The van der Waals surface area contributed by atoms with Crippen molar-refractivity contribution in [2.75, 3.05) is 13.2 Å². The molecule has 0 aliphatic carbocycles. The van der Waals surface area contributed by atoms with Gasteiger partial charge in [0.2, 0.25) is 5.78 Å². The molecule has 2 N–H and O–H groups in total. The molecule has 0 atom stereocenters. The normalized spacial score (nSPS) is 14.9. The van der Waals surface area contributed by atoms with Gasteiger partial charge in [-0.05, 0) is 12.6 Å². The molecule has 5 heteroatoms. The van der Waals surface area contributed by atoms with E-state index in [0.717, 1.165) is 17.8 Å². The number of ketones is 1. The molecule has 0 bridgehead atoms. The Labute approximate surface area is 91.8 Å². The second-order valence-corrected chi connectivity index (χ2v) is 4.14. The van der Waals surface area contributed by atoms with Crippen LogP contribution in [0.4, 0.5) is 0 Å². The van der Waals surface area contributed by atoms with Gasteiger partial charge in [-0.2, -0.15) is 0 Å². The predicted molar refractivity (Wildman–Crippen MR) is 57.9 cm³/mol. The molecule has 2 rings (SSSR count). The molecular formula is C10H12N2O2S. The maximum Gasteiger partial charge on any atom is 0.246 e. The van der Waals surface area contributed by atoms with Crippen molar-refractivity contribution in [1.29, 1.82) is 0 Å². The highest BCUT2D eigenvalue weighted by Gasteiger charge is 2.19. The number of hydrogen-bond acceptors (Lipinski definition) is 5. The van der Waals surface area contributed by atoms with Crippen LogP contribution in [0.5, 0.6) is 0 Å². The Balaban J connectivity index is 2.11. The lowest BCUT2D eigenvalue weighted by Gasteiger charge is -1.98. The van der Waals surface area contributed by atoms with E-state index < -0.39 is 0 Å². The van der Waals surface area contributed by atoms with Crippen molar-refractivity contribution >= 4 is 17.1 Å². The first kappa shape index (κ1) is 10.3. The number of allylic oxidation sites excluding steroid dienone is 1. The summed E-state index contributed by atoms with van der Waals surface area (Å²) in [6.07, 6.45) is 3.34. The van der Waals surface area contributed by atoms with Crippen LogP contribution < -0.4 is 5.73 Å². The Morgan fingerprint density at radius 1 is 1.67 bits per heavy atom. The van der Waals surface area contributed by atoms with E-state index in [1.165, 1.54) is 11.3 Å². The van der Waals surface area contributed by atoms with Crippen LogP contribution >= 0.6 is 11.3 Å². The molecule has 0 fully saturated rings. The van der Waals surface area contributed by atoms with Gasteiger partial charge in [0.1, 0.15) is 5.69 Å². The Bertz CT molecular complexity index is 398. The number of hydrogen-bond donors (Lipinski definition) is 1. The first-order valence-corrected chi connectivity index (χ1v) is 5.71. The monoisotopic (exact) mass is 224 g/mol. The lowest BCUT2D eigenvalue weighted by molar-refractivity contribution is 0.0938. The highest BCUT2D eigenvalue weighted by atomic mass is 32.1. The summed E-state index contributed by atoms with van der Waals surface area (Å²) in [5.74, 6) is 0.312. The average molecular weight is 224 g/mol. The van der Waals surface area contributed by atoms with Crippen molar-refractivity contribution in [2.45, 2.75) is 12.8 Å². The fraction of sp³-hybridized carbons (Fsp3) is 0.400. The van der Waals surface area contributed by atoms with Gasteiger partial charge < -0.3 is 10.5 Å².